The van der Waals surface area contributed by atoms with Crippen LogP contribution >= 0.6 is 0 Å². The van der Waals surface area contributed by atoms with Crippen LogP contribution in [0.25, 0.3) is 0 Å². The first-order chi connectivity index (χ1) is 8.68. The Morgan fingerprint density at radius 1 is 1.42 bits per heavy atom. The van der Waals surface area contributed by atoms with Crippen molar-refractivity contribution >= 4 is 12.1 Å². The van der Waals surface area contributed by atoms with Gasteiger partial charge in [-0.25, -0.2) is 9.59 Å². The minimum absolute atomic E-state index is 0.158. The average Bonchev–Trinajstić information content (AvgIpc) is 2.58. The average molecular weight is 273 g/mol. The molecule has 1 saturated carbocycles. The number of hydrogen-bond donors (Lipinski definition) is 2. The molecule has 0 radical (unpaired) electrons. The third-order valence-corrected chi connectivity index (χ3v) is 2.89. The molecule has 0 spiro atoms. The summed E-state index contributed by atoms with van der Waals surface area (Å²) >= 11 is 0. The zero-order chi connectivity index (χ0) is 14.7. The van der Waals surface area contributed by atoms with Crippen molar-refractivity contribution in [1.29, 1.82) is 0 Å². The van der Waals surface area contributed by atoms with Gasteiger partial charge in [-0.3, -0.25) is 0 Å². The Kier molecular flexibility index (Phi) is 4.79. The summed E-state index contributed by atoms with van der Waals surface area (Å²) in [6.45, 7) is 7.16. The second-order valence-electron chi connectivity index (χ2n) is 5.83. The Balaban J connectivity index is 2.76. The van der Waals surface area contributed by atoms with Crippen molar-refractivity contribution in [2.75, 3.05) is 6.61 Å². The van der Waals surface area contributed by atoms with Gasteiger partial charge < -0.3 is 19.9 Å². The monoisotopic (exact) mass is 273 g/mol. The number of ether oxygens (including phenoxy) is 2. The molecule has 0 heterocycles. The van der Waals surface area contributed by atoms with E-state index >= 15 is 0 Å². The van der Waals surface area contributed by atoms with Crippen LogP contribution in [-0.4, -0.2) is 41.0 Å². The molecule has 0 aromatic rings. The van der Waals surface area contributed by atoms with E-state index in [4.69, 9.17) is 9.47 Å². The quantitative estimate of drug-likeness (QED) is 0.758. The van der Waals surface area contributed by atoms with E-state index in [-0.39, 0.29) is 13.0 Å². The topological polar surface area (TPSA) is 84.9 Å². The number of hydrogen-bond acceptors (Lipinski definition) is 5. The second kappa shape index (κ2) is 5.77. The summed E-state index contributed by atoms with van der Waals surface area (Å²) < 4.78 is 10.1. The maximum Gasteiger partial charge on any atom is 0.408 e. The van der Waals surface area contributed by atoms with Crippen LogP contribution < -0.4 is 5.32 Å². The summed E-state index contributed by atoms with van der Waals surface area (Å²) in [6, 6.07) is 0. The first-order valence-corrected chi connectivity index (χ1v) is 6.55. The highest BCUT2D eigenvalue weighted by Crippen LogP contribution is 2.31. The summed E-state index contributed by atoms with van der Waals surface area (Å²) in [5.74, 6) is -0.516. The van der Waals surface area contributed by atoms with Gasteiger partial charge in [-0.1, -0.05) is 0 Å². The minimum atomic E-state index is -1.17. The second-order valence-corrected chi connectivity index (χ2v) is 5.83. The summed E-state index contributed by atoms with van der Waals surface area (Å²) in [4.78, 5) is 23.8. The number of aliphatic hydroxyl groups excluding tert-OH is 1. The molecule has 6 nitrogen and oxygen atoms in total. The fourth-order valence-electron chi connectivity index (χ4n) is 2.14. The van der Waals surface area contributed by atoms with Gasteiger partial charge >= 0.3 is 12.1 Å². The smallest absolute Gasteiger partial charge is 0.408 e. The van der Waals surface area contributed by atoms with Crippen molar-refractivity contribution in [2.24, 2.45) is 0 Å². The number of alkyl carbamates (subject to hydrolysis) is 1. The predicted octanol–water partition coefficient (Wildman–Crippen LogP) is 1.36. The van der Waals surface area contributed by atoms with Gasteiger partial charge in [0.2, 0.25) is 0 Å². The normalized spacial score (nSPS) is 26.9. The van der Waals surface area contributed by atoms with Crippen molar-refractivity contribution in [1.82, 2.24) is 5.32 Å². The molecule has 1 rings (SSSR count). The lowest BCUT2D eigenvalue weighted by molar-refractivity contribution is -0.151. The summed E-state index contributed by atoms with van der Waals surface area (Å²) in [7, 11) is 0. The van der Waals surface area contributed by atoms with E-state index in [9.17, 15) is 14.7 Å². The zero-order valence-corrected chi connectivity index (χ0v) is 12.0. The largest absolute Gasteiger partial charge is 0.464 e. The Labute approximate surface area is 113 Å². The zero-order valence-electron chi connectivity index (χ0n) is 12.0. The highest BCUT2D eigenvalue weighted by atomic mass is 16.6. The number of carbonyl (C=O) groups excluding carboxylic acids is 2. The van der Waals surface area contributed by atoms with Gasteiger partial charge in [0.1, 0.15) is 11.1 Å². The molecule has 1 amide bonds. The number of nitrogens with one attached hydrogen (secondary N) is 1. The SMILES string of the molecule is CCOC(=O)C1(NC(=O)OC(C)(C)C)CCC(O)C1. The van der Waals surface area contributed by atoms with Crippen LogP contribution in [0, 0.1) is 0 Å². The van der Waals surface area contributed by atoms with E-state index in [2.05, 4.69) is 5.32 Å². The van der Waals surface area contributed by atoms with Crippen LogP contribution in [-0.2, 0) is 14.3 Å². The van der Waals surface area contributed by atoms with Crippen molar-refractivity contribution in [3.05, 3.63) is 0 Å². The molecule has 0 aromatic heterocycles. The Morgan fingerprint density at radius 3 is 2.47 bits per heavy atom. The van der Waals surface area contributed by atoms with E-state index in [0.717, 1.165) is 0 Å². The molecule has 19 heavy (non-hydrogen) atoms. The molecular formula is C13H23NO5. The maximum absolute atomic E-state index is 12.0. The van der Waals surface area contributed by atoms with Crippen LogP contribution in [0.3, 0.4) is 0 Å². The predicted molar refractivity (Wildman–Crippen MR) is 68.6 cm³/mol. The van der Waals surface area contributed by atoms with E-state index in [0.29, 0.717) is 12.8 Å². The lowest BCUT2D eigenvalue weighted by Gasteiger charge is -2.29. The maximum atomic E-state index is 12.0. The number of carbonyl (C=O) groups is 2. The molecule has 110 valence electrons. The van der Waals surface area contributed by atoms with Gasteiger partial charge in [-0.2, -0.15) is 0 Å². The number of esters is 1. The molecule has 2 N–H and O–H groups in total. The molecule has 6 heteroatoms. The van der Waals surface area contributed by atoms with Gasteiger partial charge in [0.05, 0.1) is 12.7 Å². The van der Waals surface area contributed by atoms with Crippen molar-refractivity contribution in [3.8, 4) is 0 Å². The van der Waals surface area contributed by atoms with Gasteiger partial charge in [0, 0.05) is 6.42 Å². The fraction of sp³-hybridized carbons (Fsp3) is 0.846. The summed E-state index contributed by atoms with van der Waals surface area (Å²) in [5, 5.41) is 12.2. The van der Waals surface area contributed by atoms with Crippen molar-refractivity contribution < 1.29 is 24.2 Å². The molecule has 2 atom stereocenters. The lowest BCUT2D eigenvalue weighted by Crippen LogP contribution is -2.55. The first-order valence-electron chi connectivity index (χ1n) is 6.55. The summed E-state index contributed by atoms with van der Waals surface area (Å²) in [6.07, 6.45) is -0.319. The number of aliphatic hydroxyl groups is 1. The highest BCUT2D eigenvalue weighted by molar-refractivity contribution is 5.86. The molecule has 2 unspecified atom stereocenters. The Bertz CT molecular complexity index is 349. The van der Waals surface area contributed by atoms with Crippen LogP contribution in [0.1, 0.15) is 47.0 Å². The van der Waals surface area contributed by atoms with Crippen molar-refractivity contribution in [2.45, 2.75) is 64.2 Å². The fourth-order valence-corrected chi connectivity index (χ4v) is 2.14. The van der Waals surface area contributed by atoms with Gasteiger partial charge in [0.25, 0.3) is 0 Å². The van der Waals surface area contributed by atoms with E-state index in [1.807, 2.05) is 0 Å². The van der Waals surface area contributed by atoms with Crippen LogP contribution in [0.15, 0.2) is 0 Å². The highest BCUT2D eigenvalue weighted by Gasteiger charge is 2.48. The van der Waals surface area contributed by atoms with Crippen LogP contribution in [0.2, 0.25) is 0 Å². The molecule has 0 aliphatic heterocycles. The molecule has 1 aliphatic rings. The number of amides is 1. The molecular weight excluding hydrogens is 250 g/mol. The summed E-state index contributed by atoms with van der Waals surface area (Å²) in [5.41, 5.74) is -1.81. The minimum Gasteiger partial charge on any atom is -0.464 e. The van der Waals surface area contributed by atoms with Gasteiger partial charge in [-0.15, -0.1) is 0 Å². The molecule has 0 aromatic carbocycles. The first kappa shape index (κ1) is 15.8. The van der Waals surface area contributed by atoms with E-state index in [1.165, 1.54) is 0 Å². The standard InChI is InChI=1S/C13H23NO5/c1-5-18-10(16)13(7-6-9(15)8-13)14-11(17)19-12(2,3)4/h9,15H,5-8H2,1-4H3,(H,14,17). The van der Waals surface area contributed by atoms with Crippen molar-refractivity contribution in [3.63, 3.8) is 0 Å². The van der Waals surface area contributed by atoms with Crippen LogP contribution in [0.5, 0.6) is 0 Å². The Hall–Kier alpha value is -1.30. The lowest BCUT2D eigenvalue weighted by atomic mass is 9.98. The van der Waals surface area contributed by atoms with Gasteiger partial charge in [-0.05, 0) is 40.5 Å². The molecule has 0 saturated heterocycles. The van der Waals surface area contributed by atoms with E-state index < -0.39 is 29.3 Å². The molecule has 0 bridgehead atoms. The molecule has 1 fully saturated rings. The Morgan fingerprint density at radius 2 is 2.05 bits per heavy atom. The van der Waals surface area contributed by atoms with E-state index in [1.54, 1.807) is 27.7 Å². The van der Waals surface area contributed by atoms with Crippen LogP contribution in [0.4, 0.5) is 4.79 Å². The molecule has 1 aliphatic carbocycles. The third kappa shape index (κ3) is 4.38. The van der Waals surface area contributed by atoms with Gasteiger partial charge in [0.15, 0.2) is 0 Å². The number of rotatable bonds is 3. The third-order valence-electron chi connectivity index (χ3n) is 2.89.